The lowest BCUT2D eigenvalue weighted by atomic mass is 10.2. The van der Waals surface area contributed by atoms with E-state index in [1.54, 1.807) is 38.3 Å². The molecule has 0 radical (unpaired) electrons. The third kappa shape index (κ3) is 5.47. The van der Waals surface area contributed by atoms with Gasteiger partial charge in [0.25, 0.3) is 5.22 Å². The maximum atomic E-state index is 12.6. The summed E-state index contributed by atoms with van der Waals surface area (Å²) in [6.45, 7) is 1.78. The van der Waals surface area contributed by atoms with Crippen LogP contribution in [0.15, 0.2) is 88.5 Å². The highest BCUT2D eigenvalue weighted by atomic mass is 32.2. The first kappa shape index (κ1) is 21.5. The number of thioether (sulfide) groups is 1. The van der Waals surface area contributed by atoms with Gasteiger partial charge < -0.3 is 19.2 Å². The van der Waals surface area contributed by atoms with E-state index in [1.807, 2.05) is 54.6 Å². The molecule has 0 saturated carbocycles. The summed E-state index contributed by atoms with van der Waals surface area (Å²) < 4.78 is 16.6. The van der Waals surface area contributed by atoms with Crippen molar-refractivity contribution in [3.63, 3.8) is 0 Å². The van der Waals surface area contributed by atoms with Gasteiger partial charge in [-0.3, -0.25) is 4.79 Å². The van der Waals surface area contributed by atoms with Crippen LogP contribution in [0.4, 0.5) is 5.69 Å². The smallest absolute Gasteiger partial charge is 0.277 e. The van der Waals surface area contributed by atoms with Crippen molar-refractivity contribution in [3.8, 4) is 28.7 Å². The molecular formula is C24H21N3O4S. The Morgan fingerprint density at radius 1 is 0.906 bits per heavy atom. The molecule has 0 aliphatic heterocycles. The SMILES string of the molecule is COc1ccc(-c2nnc(SC(C)C(=O)Nc3ccc(Oc4ccccc4)cc3)o2)cc1. The van der Waals surface area contributed by atoms with Gasteiger partial charge in [0, 0.05) is 11.3 Å². The van der Waals surface area contributed by atoms with E-state index in [1.165, 1.54) is 11.8 Å². The molecule has 1 atom stereocenters. The van der Waals surface area contributed by atoms with Crippen LogP contribution in [0.1, 0.15) is 6.92 Å². The Kier molecular flexibility index (Phi) is 6.72. The summed E-state index contributed by atoms with van der Waals surface area (Å²) in [7, 11) is 1.61. The number of hydrogen-bond acceptors (Lipinski definition) is 7. The second kappa shape index (κ2) is 10.0. The largest absolute Gasteiger partial charge is 0.497 e. The van der Waals surface area contributed by atoms with Crippen LogP contribution >= 0.6 is 11.8 Å². The molecule has 8 heteroatoms. The summed E-state index contributed by atoms with van der Waals surface area (Å²) in [5.74, 6) is 2.40. The molecular weight excluding hydrogens is 426 g/mol. The molecule has 0 spiro atoms. The lowest BCUT2D eigenvalue weighted by Crippen LogP contribution is -2.22. The number of nitrogens with one attached hydrogen (secondary N) is 1. The monoisotopic (exact) mass is 447 g/mol. The topological polar surface area (TPSA) is 86.5 Å². The molecule has 1 unspecified atom stereocenters. The van der Waals surface area contributed by atoms with E-state index in [-0.39, 0.29) is 5.91 Å². The minimum atomic E-state index is -0.431. The summed E-state index contributed by atoms with van der Waals surface area (Å²) in [5.41, 5.74) is 1.45. The number of aromatic nitrogens is 2. The lowest BCUT2D eigenvalue weighted by Gasteiger charge is -2.11. The van der Waals surface area contributed by atoms with Gasteiger partial charge in [0.15, 0.2) is 0 Å². The molecule has 162 valence electrons. The van der Waals surface area contributed by atoms with Crippen molar-refractivity contribution in [2.24, 2.45) is 0 Å². The Hall–Kier alpha value is -3.78. The van der Waals surface area contributed by atoms with Gasteiger partial charge in [0.2, 0.25) is 11.8 Å². The molecule has 4 rings (SSSR count). The maximum absolute atomic E-state index is 12.6. The Morgan fingerprint density at radius 3 is 2.25 bits per heavy atom. The van der Waals surface area contributed by atoms with Gasteiger partial charge in [-0.05, 0) is 67.6 Å². The molecule has 0 fully saturated rings. The number of benzene rings is 3. The summed E-state index contributed by atoms with van der Waals surface area (Å²) >= 11 is 1.20. The Morgan fingerprint density at radius 2 is 1.56 bits per heavy atom. The van der Waals surface area contributed by atoms with Crippen molar-refractivity contribution in [2.75, 3.05) is 12.4 Å². The summed E-state index contributed by atoms with van der Waals surface area (Å²) in [6.07, 6.45) is 0. The van der Waals surface area contributed by atoms with Gasteiger partial charge in [0.1, 0.15) is 17.2 Å². The van der Waals surface area contributed by atoms with E-state index in [0.29, 0.717) is 22.6 Å². The molecule has 1 heterocycles. The number of para-hydroxylation sites is 1. The van der Waals surface area contributed by atoms with Gasteiger partial charge in [-0.25, -0.2) is 0 Å². The standard InChI is InChI=1S/C24H21N3O4S/c1-16(32-24-27-26-23(31-24)17-8-12-19(29-2)13-9-17)22(28)25-18-10-14-21(15-11-18)30-20-6-4-3-5-7-20/h3-16H,1-2H3,(H,25,28). The van der Waals surface area contributed by atoms with Crippen LogP contribution < -0.4 is 14.8 Å². The first-order valence-electron chi connectivity index (χ1n) is 9.89. The highest BCUT2D eigenvalue weighted by molar-refractivity contribution is 8.00. The molecule has 0 aliphatic carbocycles. The summed E-state index contributed by atoms with van der Waals surface area (Å²) in [6, 6.07) is 24.0. The van der Waals surface area contributed by atoms with Crippen molar-refractivity contribution in [1.82, 2.24) is 10.2 Å². The van der Waals surface area contributed by atoms with Crippen molar-refractivity contribution in [1.29, 1.82) is 0 Å². The van der Waals surface area contributed by atoms with E-state index in [9.17, 15) is 4.79 Å². The van der Waals surface area contributed by atoms with Crippen molar-refractivity contribution >= 4 is 23.4 Å². The van der Waals surface area contributed by atoms with Gasteiger partial charge in [-0.2, -0.15) is 0 Å². The number of rotatable bonds is 8. The second-order valence-electron chi connectivity index (χ2n) is 6.79. The third-order valence-corrected chi connectivity index (χ3v) is 5.43. The van der Waals surface area contributed by atoms with Crippen LogP contribution in [0.5, 0.6) is 17.2 Å². The zero-order chi connectivity index (χ0) is 22.3. The van der Waals surface area contributed by atoms with Gasteiger partial charge in [-0.15, -0.1) is 10.2 Å². The zero-order valence-corrected chi connectivity index (χ0v) is 18.3. The van der Waals surface area contributed by atoms with Crippen molar-refractivity contribution in [2.45, 2.75) is 17.4 Å². The quantitative estimate of drug-likeness (QED) is 0.349. The van der Waals surface area contributed by atoms with Crippen LogP contribution in [0.25, 0.3) is 11.5 Å². The number of ether oxygens (including phenoxy) is 2. The minimum Gasteiger partial charge on any atom is -0.497 e. The number of nitrogens with zero attached hydrogens (tertiary/aromatic N) is 2. The van der Waals surface area contributed by atoms with Crippen LogP contribution in [0.3, 0.4) is 0 Å². The highest BCUT2D eigenvalue weighted by Crippen LogP contribution is 2.28. The number of methoxy groups -OCH3 is 1. The van der Waals surface area contributed by atoms with E-state index in [2.05, 4.69) is 15.5 Å². The fourth-order valence-electron chi connectivity index (χ4n) is 2.79. The highest BCUT2D eigenvalue weighted by Gasteiger charge is 2.19. The maximum Gasteiger partial charge on any atom is 0.277 e. The number of hydrogen-bond donors (Lipinski definition) is 1. The van der Waals surface area contributed by atoms with Crippen LogP contribution in [-0.4, -0.2) is 28.5 Å². The molecule has 4 aromatic rings. The predicted molar refractivity (Wildman–Crippen MR) is 123 cm³/mol. The fourth-order valence-corrected chi connectivity index (χ4v) is 3.47. The predicted octanol–water partition coefficient (Wildman–Crippen LogP) is 5.66. The van der Waals surface area contributed by atoms with E-state index in [4.69, 9.17) is 13.9 Å². The lowest BCUT2D eigenvalue weighted by molar-refractivity contribution is -0.115. The minimum absolute atomic E-state index is 0.170. The number of anilines is 1. The first-order chi connectivity index (χ1) is 15.6. The van der Waals surface area contributed by atoms with Gasteiger partial charge >= 0.3 is 0 Å². The van der Waals surface area contributed by atoms with Crippen LogP contribution in [-0.2, 0) is 4.79 Å². The van der Waals surface area contributed by atoms with E-state index < -0.39 is 5.25 Å². The summed E-state index contributed by atoms with van der Waals surface area (Å²) in [5, 5.41) is 10.9. The molecule has 1 aromatic heterocycles. The van der Waals surface area contributed by atoms with Crippen molar-refractivity contribution < 1.29 is 18.7 Å². The molecule has 0 aliphatic rings. The van der Waals surface area contributed by atoms with Crippen molar-refractivity contribution in [3.05, 3.63) is 78.9 Å². The summed E-state index contributed by atoms with van der Waals surface area (Å²) in [4.78, 5) is 12.6. The van der Waals surface area contributed by atoms with Gasteiger partial charge in [0.05, 0.1) is 12.4 Å². The molecule has 0 bridgehead atoms. The molecule has 0 saturated heterocycles. The Balaban J connectivity index is 1.32. The van der Waals surface area contributed by atoms with Crippen LogP contribution in [0.2, 0.25) is 0 Å². The zero-order valence-electron chi connectivity index (χ0n) is 17.5. The molecule has 32 heavy (non-hydrogen) atoms. The molecule has 1 amide bonds. The second-order valence-corrected chi connectivity index (χ2v) is 8.08. The normalized spacial score (nSPS) is 11.6. The van der Waals surface area contributed by atoms with E-state index >= 15 is 0 Å². The number of carbonyl (C=O) groups excluding carboxylic acids is 1. The number of amides is 1. The first-order valence-corrected chi connectivity index (χ1v) is 10.8. The van der Waals surface area contributed by atoms with Gasteiger partial charge in [-0.1, -0.05) is 30.0 Å². The Labute approximate surface area is 189 Å². The average molecular weight is 448 g/mol. The average Bonchev–Trinajstić information content (AvgIpc) is 3.29. The fraction of sp³-hybridized carbons (Fsp3) is 0.125. The molecule has 3 aromatic carbocycles. The molecule has 1 N–H and O–H groups in total. The molecule has 7 nitrogen and oxygen atoms in total. The number of carbonyl (C=O) groups is 1. The van der Waals surface area contributed by atoms with E-state index in [0.717, 1.165) is 17.1 Å². The van der Waals surface area contributed by atoms with Crippen LogP contribution in [0, 0.1) is 0 Å². The Bertz CT molecular complexity index is 1160. The third-order valence-electron chi connectivity index (χ3n) is 4.49.